The number of halogens is 1. The van der Waals surface area contributed by atoms with Crippen molar-refractivity contribution in [3.8, 4) is 0 Å². The van der Waals surface area contributed by atoms with Gasteiger partial charge in [0.1, 0.15) is 0 Å². The summed E-state index contributed by atoms with van der Waals surface area (Å²) in [6, 6.07) is 6.10. The predicted molar refractivity (Wildman–Crippen MR) is 72.0 cm³/mol. The van der Waals surface area contributed by atoms with E-state index in [0.717, 1.165) is 16.8 Å². The molecule has 0 aromatic carbocycles. The normalized spacial score (nSPS) is 12.7. The van der Waals surface area contributed by atoms with Crippen LogP contribution >= 0.6 is 33.9 Å². The average Bonchev–Trinajstić information content (AvgIpc) is 2.65. The lowest BCUT2D eigenvalue weighted by molar-refractivity contribution is 0.865. The first-order chi connectivity index (χ1) is 7.16. The molecule has 0 saturated heterocycles. The van der Waals surface area contributed by atoms with E-state index in [0.29, 0.717) is 0 Å². The Morgan fingerprint density at radius 2 is 2.20 bits per heavy atom. The monoisotopic (exact) mass is 330 g/mol. The lowest BCUT2D eigenvalue weighted by Gasteiger charge is -2.09. The highest BCUT2D eigenvalue weighted by Gasteiger charge is 2.10. The molecule has 2 heterocycles. The van der Waals surface area contributed by atoms with Crippen molar-refractivity contribution in [3.05, 3.63) is 49.5 Å². The molecule has 2 aromatic heterocycles. The minimum atomic E-state index is -0.0575. The highest BCUT2D eigenvalue weighted by Crippen LogP contribution is 2.25. The second-order valence-corrected chi connectivity index (χ2v) is 6.20. The average molecular weight is 330 g/mol. The molecule has 2 nitrogen and oxygen atoms in total. The summed E-state index contributed by atoms with van der Waals surface area (Å²) < 4.78 is 1.26. The molecule has 4 heteroatoms. The van der Waals surface area contributed by atoms with Gasteiger partial charge in [-0.1, -0.05) is 6.07 Å². The predicted octanol–water partition coefficient (Wildman–Crippen LogP) is 3.10. The first kappa shape index (κ1) is 11.0. The van der Waals surface area contributed by atoms with Gasteiger partial charge in [0.25, 0.3) is 0 Å². The van der Waals surface area contributed by atoms with Gasteiger partial charge in [0, 0.05) is 11.9 Å². The smallest absolute Gasteiger partial charge is 0.0656 e. The van der Waals surface area contributed by atoms with Gasteiger partial charge in [0.05, 0.1) is 8.93 Å². The van der Waals surface area contributed by atoms with Crippen LogP contribution in [0, 0.1) is 9.81 Å². The zero-order valence-corrected chi connectivity index (χ0v) is 11.2. The summed E-state index contributed by atoms with van der Waals surface area (Å²) in [5.74, 6) is 0. The zero-order valence-electron chi connectivity index (χ0n) is 8.27. The van der Waals surface area contributed by atoms with Crippen LogP contribution in [0.2, 0.25) is 0 Å². The summed E-state index contributed by atoms with van der Waals surface area (Å²) in [6.45, 7) is 1.98. The third kappa shape index (κ3) is 2.56. The van der Waals surface area contributed by atoms with Crippen molar-refractivity contribution in [2.24, 2.45) is 5.73 Å². The van der Waals surface area contributed by atoms with E-state index in [1.165, 1.54) is 2.88 Å². The van der Waals surface area contributed by atoms with E-state index in [-0.39, 0.29) is 6.04 Å². The first-order valence-corrected chi connectivity index (χ1v) is 6.55. The van der Waals surface area contributed by atoms with E-state index < -0.39 is 0 Å². The van der Waals surface area contributed by atoms with Gasteiger partial charge in [-0.05, 0) is 58.2 Å². The fraction of sp³-hybridized carbons (Fsp3) is 0.182. The zero-order chi connectivity index (χ0) is 10.8. The number of pyridine rings is 1. The Labute approximate surface area is 107 Å². The van der Waals surface area contributed by atoms with Gasteiger partial charge in [-0.25, -0.2) is 0 Å². The molecule has 15 heavy (non-hydrogen) atoms. The van der Waals surface area contributed by atoms with Crippen LogP contribution in [0.5, 0.6) is 0 Å². The summed E-state index contributed by atoms with van der Waals surface area (Å²) >= 11 is 4.02. The standard InChI is InChI=1S/C11H11IN2S/c1-7-2-3-8(5-14-7)11(13)9-4-10(12)15-6-9/h2-6,11H,13H2,1H3. The Balaban J connectivity index is 2.28. The number of rotatable bonds is 2. The summed E-state index contributed by atoms with van der Waals surface area (Å²) in [5.41, 5.74) is 9.39. The molecule has 0 radical (unpaired) electrons. The van der Waals surface area contributed by atoms with Crippen LogP contribution in [0.25, 0.3) is 0 Å². The second-order valence-electron chi connectivity index (χ2n) is 3.39. The van der Waals surface area contributed by atoms with Gasteiger partial charge in [-0.2, -0.15) is 0 Å². The van der Waals surface area contributed by atoms with E-state index in [1.807, 2.05) is 25.3 Å². The van der Waals surface area contributed by atoms with E-state index >= 15 is 0 Å². The van der Waals surface area contributed by atoms with Crippen LogP contribution in [0.1, 0.15) is 22.9 Å². The van der Waals surface area contributed by atoms with Crippen LogP contribution in [0.3, 0.4) is 0 Å². The van der Waals surface area contributed by atoms with Crippen LogP contribution < -0.4 is 5.73 Å². The van der Waals surface area contributed by atoms with E-state index in [9.17, 15) is 0 Å². The molecule has 0 aliphatic heterocycles. The Morgan fingerprint density at radius 3 is 2.73 bits per heavy atom. The Hall–Kier alpha value is -0.460. The lowest BCUT2D eigenvalue weighted by Crippen LogP contribution is -2.11. The summed E-state index contributed by atoms with van der Waals surface area (Å²) in [4.78, 5) is 4.25. The van der Waals surface area contributed by atoms with Gasteiger partial charge >= 0.3 is 0 Å². The van der Waals surface area contributed by atoms with Crippen molar-refractivity contribution in [1.29, 1.82) is 0 Å². The maximum atomic E-state index is 6.14. The number of aromatic nitrogens is 1. The molecule has 2 N–H and O–H groups in total. The molecule has 0 bridgehead atoms. The minimum Gasteiger partial charge on any atom is -0.320 e. The van der Waals surface area contributed by atoms with E-state index in [2.05, 4.69) is 39.0 Å². The SMILES string of the molecule is Cc1ccc(C(N)c2csc(I)c2)cn1. The van der Waals surface area contributed by atoms with Crippen LogP contribution in [0.15, 0.2) is 29.8 Å². The largest absolute Gasteiger partial charge is 0.320 e. The fourth-order valence-corrected chi connectivity index (χ4v) is 2.75. The van der Waals surface area contributed by atoms with Crippen molar-refractivity contribution in [2.75, 3.05) is 0 Å². The third-order valence-corrected chi connectivity index (χ3v) is 4.05. The number of aryl methyl sites for hydroxylation is 1. The van der Waals surface area contributed by atoms with Crippen molar-refractivity contribution < 1.29 is 0 Å². The molecule has 0 saturated carbocycles. The van der Waals surface area contributed by atoms with Crippen molar-refractivity contribution in [3.63, 3.8) is 0 Å². The second kappa shape index (κ2) is 4.59. The highest BCUT2D eigenvalue weighted by molar-refractivity contribution is 14.1. The van der Waals surface area contributed by atoms with Crippen molar-refractivity contribution in [1.82, 2.24) is 4.98 Å². The van der Waals surface area contributed by atoms with Crippen LogP contribution in [0.4, 0.5) is 0 Å². The molecule has 0 amide bonds. The quantitative estimate of drug-likeness (QED) is 0.860. The Bertz CT molecular complexity index is 450. The van der Waals surface area contributed by atoms with Gasteiger partial charge in [0.15, 0.2) is 0 Å². The summed E-state index contributed by atoms with van der Waals surface area (Å²) in [6.07, 6.45) is 1.85. The number of hydrogen-bond donors (Lipinski definition) is 1. The fourth-order valence-electron chi connectivity index (χ4n) is 1.34. The number of thiophene rings is 1. The lowest BCUT2D eigenvalue weighted by atomic mass is 10.0. The molecular weight excluding hydrogens is 319 g/mol. The molecule has 2 rings (SSSR count). The van der Waals surface area contributed by atoms with E-state index in [1.54, 1.807) is 11.3 Å². The highest BCUT2D eigenvalue weighted by atomic mass is 127. The Kier molecular flexibility index (Phi) is 3.38. The topological polar surface area (TPSA) is 38.9 Å². The van der Waals surface area contributed by atoms with Gasteiger partial charge in [-0.15, -0.1) is 11.3 Å². The molecule has 1 unspecified atom stereocenters. The summed E-state index contributed by atoms with van der Waals surface area (Å²) in [7, 11) is 0. The Morgan fingerprint density at radius 1 is 1.40 bits per heavy atom. The van der Waals surface area contributed by atoms with E-state index in [4.69, 9.17) is 5.73 Å². The summed E-state index contributed by atoms with van der Waals surface area (Å²) in [5, 5.41) is 2.10. The maximum Gasteiger partial charge on any atom is 0.0656 e. The third-order valence-electron chi connectivity index (χ3n) is 2.24. The van der Waals surface area contributed by atoms with Gasteiger partial charge < -0.3 is 5.73 Å². The first-order valence-electron chi connectivity index (χ1n) is 4.59. The maximum absolute atomic E-state index is 6.14. The van der Waals surface area contributed by atoms with Crippen LogP contribution in [-0.2, 0) is 0 Å². The molecule has 0 spiro atoms. The number of nitrogens with zero attached hydrogens (tertiary/aromatic N) is 1. The molecule has 0 fully saturated rings. The molecule has 78 valence electrons. The molecular formula is C11H11IN2S. The minimum absolute atomic E-state index is 0.0575. The molecule has 1 atom stereocenters. The number of nitrogens with two attached hydrogens (primary N) is 1. The molecule has 0 aliphatic rings. The van der Waals surface area contributed by atoms with Gasteiger partial charge in [0.2, 0.25) is 0 Å². The molecule has 2 aromatic rings. The molecule has 0 aliphatic carbocycles. The number of hydrogen-bond acceptors (Lipinski definition) is 3. The van der Waals surface area contributed by atoms with Gasteiger partial charge in [-0.3, -0.25) is 4.98 Å². The van der Waals surface area contributed by atoms with Crippen molar-refractivity contribution in [2.45, 2.75) is 13.0 Å². The van der Waals surface area contributed by atoms with Crippen molar-refractivity contribution >= 4 is 33.9 Å². The van der Waals surface area contributed by atoms with Crippen LogP contribution in [-0.4, -0.2) is 4.98 Å².